The molecule has 0 unspecified atom stereocenters. The topological polar surface area (TPSA) is 97.1 Å². The minimum absolute atomic E-state index is 0.0530. The van der Waals surface area contributed by atoms with Crippen LogP contribution in [0, 0.1) is 0 Å². The average Bonchev–Trinajstić information content (AvgIpc) is 3.08. The van der Waals surface area contributed by atoms with E-state index in [0.717, 1.165) is 11.0 Å². The molecule has 0 bridgehead atoms. The van der Waals surface area contributed by atoms with Crippen LogP contribution in [0.4, 0.5) is 5.69 Å². The second kappa shape index (κ2) is 6.73. The van der Waals surface area contributed by atoms with E-state index < -0.39 is 10.0 Å². The molecule has 0 saturated carbocycles. The molecular formula is C19H16N4O3S. The van der Waals surface area contributed by atoms with Gasteiger partial charge in [0.05, 0.1) is 17.0 Å². The Bertz CT molecular complexity index is 1200. The van der Waals surface area contributed by atoms with Crippen molar-refractivity contribution in [2.24, 2.45) is 0 Å². The Morgan fingerprint density at radius 1 is 0.963 bits per heavy atom. The number of para-hydroxylation sites is 1. The van der Waals surface area contributed by atoms with Gasteiger partial charge in [0.2, 0.25) is 0 Å². The minimum atomic E-state index is -3.71. The molecule has 0 saturated heterocycles. The summed E-state index contributed by atoms with van der Waals surface area (Å²) in [4.78, 5) is 0.168. The molecule has 4 aromatic rings. The first kappa shape index (κ1) is 17.0. The van der Waals surface area contributed by atoms with E-state index in [1.165, 1.54) is 24.3 Å². The number of benzene rings is 3. The minimum Gasteiger partial charge on any atom is -0.508 e. The first-order valence-electron chi connectivity index (χ1n) is 8.21. The predicted octanol–water partition coefficient (Wildman–Crippen LogP) is 2.99. The number of aromatic hydroxyl groups is 1. The van der Waals surface area contributed by atoms with Crippen molar-refractivity contribution in [3.8, 4) is 5.75 Å². The smallest absolute Gasteiger partial charge is 0.261 e. The molecule has 0 aliphatic rings. The Hall–Kier alpha value is -3.39. The van der Waals surface area contributed by atoms with Crippen LogP contribution >= 0.6 is 0 Å². The molecule has 0 amide bonds. The third-order valence-corrected chi connectivity index (χ3v) is 5.52. The van der Waals surface area contributed by atoms with Crippen LogP contribution in [0.1, 0.15) is 5.56 Å². The molecule has 7 nitrogen and oxygen atoms in total. The number of phenolic OH excluding ortho intramolecular Hbond substituents is 1. The number of hydrogen-bond donors (Lipinski definition) is 2. The molecule has 0 aliphatic heterocycles. The van der Waals surface area contributed by atoms with Crippen LogP contribution in [-0.4, -0.2) is 28.5 Å². The Morgan fingerprint density at radius 3 is 2.52 bits per heavy atom. The molecule has 0 aliphatic carbocycles. The lowest BCUT2D eigenvalue weighted by Gasteiger charge is -2.11. The Kier molecular flexibility index (Phi) is 4.25. The number of fused-ring (bicyclic) bond motifs is 1. The highest BCUT2D eigenvalue weighted by molar-refractivity contribution is 7.92. The van der Waals surface area contributed by atoms with E-state index in [1.807, 2.05) is 24.3 Å². The van der Waals surface area contributed by atoms with Gasteiger partial charge in [-0.25, -0.2) is 13.1 Å². The summed E-state index contributed by atoms with van der Waals surface area (Å²) < 4.78 is 29.2. The fourth-order valence-corrected chi connectivity index (χ4v) is 3.86. The number of anilines is 1. The summed E-state index contributed by atoms with van der Waals surface area (Å²) in [5.74, 6) is 0.0530. The summed E-state index contributed by atoms with van der Waals surface area (Å²) >= 11 is 0. The van der Waals surface area contributed by atoms with Gasteiger partial charge in [-0.05, 0) is 42.5 Å². The number of phenols is 1. The molecule has 0 spiro atoms. The maximum atomic E-state index is 12.5. The van der Waals surface area contributed by atoms with Gasteiger partial charge in [-0.15, -0.1) is 5.10 Å². The molecule has 3 aromatic carbocycles. The molecular weight excluding hydrogens is 364 g/mol. The predicted molar refractivity (Wildman–Crippen MR) is 102 cm³/mol. The van der Waals surface area contributed by atoms with Crippen LogP contribution in [0.3, 0.4) is 0 Å². The number of rotatable bonds is 5. The summed E-state index contributed by atoms with van der Waals surface area (Å²) in [5.41, 5.74) is 2.46. The van der Waals surface area contributed by atoms with E-state index in [1.54, 1.807) is 28.9 Å². The highest BCUT2D eigenvalue weighted by Crippen LogP contribution is 2.25. The normalized spacial score (nSPS) is 11.6. The van der Waals surface area contributed by atoms with Crippen LogP contribution in [0.2, 0.25) is 0 Å². The summed E-state index contributed by atoms with van der Waals surface area (Å²) in [6.45, 7) is 0.257. The van der Waals surface area contributed by atoms with Crippen LogP contribution in [-0.2, 0) is 16.6 Å². The molecule has 4 rings (SSSR count). The number of hydrogen-bond acceptors (Lipinski definition) is 5. The zero-order chi connectivity index (χ0) is 18.9. The van der Waals surface area contributed by atoms with Gasteiger partial charge in [-0.1, -0.05) is 35.5 Å². The second-order valence-corrected chi connectivity index (χ2v) is 7.68. The SMILES string of the molecule is O=S(=O)(Nc1ccc(O)c(Cn2nnc3ccccc32)c1)c1ccccc1. The summed E-state index contributed by atoms with van der Waals surface area (Å²) in [7, 11) is -3.71. The van der Waals surface area contributed by atoms with Crippen molar-refractivity contribution in [1.29, 1.82) is 0 Å². The number of aromatic nitrogens is 3. The average molecular weight is 380 g/mol. The molecule has 1 aromatic heterocycles. The fraction of sp³-hybridized carbons (Fsp3) is 0.0526. The largest absolute Gasteiger partial charge is 0.508 e. The van der Waals surface area contributed by atoms with E-state index in [4.69, 9.17) is 0 Å². The lowest BCUT2D eigenvalue weighted by molar-refractivity contribution is 0.464. The summed E-state index contributed by atoms with van der Waals surface area (Å²) in [5, 5.41) is 18.4. The van der Waals surface area contributed by atoms with Gasteiger partial charge in [0.25, 0.3) is 10.0 Å². The van der Waals surface area contributed by atoms with Crippen molar-refractivity contribution in [3.05, 3.63) is 78.4 Å². The van der Waals surface area contributed by atoms with Crippen molar-refractivity contribution >= 4 is 26.7 Å². The van der Waals surface area contributed by atoms with Crippen molar-refractivity contribution < 1.29 is 13.5 Å². The van der Waals surface area contributed by atoms with Crippen molar-refractivity contribution in [1.82, 2.24) is 15.0 Å². The van der Waals surface area contributed by atoms with Crippen molar-refractivity contribution in [2.45, 2.75) is 11.4 Å². The van der Waals surface area contributed by atoms with Gasteiger partial charge in [0.1, 0.15) is 11.3 Å². The lowest BCUT2D eigenvalue weighted by Crippen LogP contribution is -2.13. The van der Waals surface area contributed by atoms with Crippen molar-refractivity contribution in [3.63, 3.8) is 0 Å². The zero-order valence-electron chi connectivity index (χ0n) is 14.1. The van der Waals surface area contributed by atoms with Crippen LogP contribution in [0.15, 0.2) is 77.7 Å². The van der Waals surface area contributed by atoms with Crippen LogP contribution in [0.5, 0.6) is 5.75 Å². The fourth-order valence-electron chi connectivity index (χ4n) is 2.78. The van der Waals surface area contributed by atoms with E-state index in [9.17, 15) is 13.5 Å². The van der Waals surface area contributed by atoms with Gasteiger partial charge < -0.3 is 5.11 Å². The van der Waals surface area contributed by atoms with E-state index in [2.05, 4.69) is 15.0 Å². The van der Waals surface area contributed by atoms with E-state index in [-0.39, 0.29) is 17.2 Å². The quantitative estimate of drug-likeness (QED) is 0.519. The summed E-state index contributed by atoms with van der Waals surface area (Å²) in [6.07, 6.45) is 0. The molecule has 1 heterocycles. The number of sulfonamides is 1. The Labute approximate surface area is 155 Å². The first-order valence-corrected chi connectivity index (χ1v) is 9.69. The van der Waals surface area contributed by atoms with Crippen LogP contribution < -0.4 is 4.72 Å². The van der Waals surface area contributed by atoms with Gasteiger partial charge in [-0.2, -0.15) is 0 Å². The van der Waals surface area contributed by atoms with Gasteiger partial charge in [-0.3, -0.25) is 4.72 Å². The first-order chi connectivity index (χ1) is 13.0. The third-order valence-electron chi connectivity index (χ3n) is 4.13. The van der Waals surface area contributed by atoms with Gasteiger partial charge in [0.15, 0.2) is 0 Å². The molecule has 2 N–H and O–H groups in total. The third kappa shape index (κ3) is 3.47. The monoisotopic (exact) mass is 380 g/mol. The van der Waals surface area contributed by atoms with Crippen LogP contribution in [0.25, 0.3) is 11.0 Å². The van der Waals surface area contributed by atoms with Crippen molar-refractivity contribution in [2.75, 3.05) is 4.72 Å². The van der Waals surface area contributed by atoms with Gasteiger partial charge >= 0.3 is 0 Å². The molecule has 27 heavy (non-hydrogen) atoms. The van der Waals surface area contributed by atoms with E-state index >= 15 is 0 Å². The molecule has 136 valence electrons. The number of nitrogens with one attached hydrogen (secondary N) is 1. The van der Waals surface area contributed by atoms with Gasteiger partial charge in [0, 0.05) is 11.3 Å². The highest BCUT2D eigenvalue weighted by atomic mass is 32.2. The Morgan fingerprint density at radius 2 is 1.70 bits per heavy atom. The summed E-state index contributed by atoms with van der Waals surface area (Å²) in [6, 6.07) is 20.2. The lowest BCUT2D eigenvalue weighted by atomic mass is 10.2. The molecule has 8 heteroatoms. The number of nitrogens with zero attached hydrogens (tertiary/aromatic N) is 3. The Balaban J connectivity index is 1.64. The zero-order valence-corrected chi connectivity index (χ0v) is 15.0. The highest BCUT2D eigenvalue weighted by Gasteiger charge is 2.15. The molecule has 0 radical (unpaired) electrons. The molecule has 0 fully saturated rings. The molecule has 0 atom stereocenters. The maximum absolute atomic E-state index is 12.5. The maximum Gasteiger partial charge on any atom is 0.261 e. The second-order valence-electron chi connectivity index (χ2n) is 6.00. The standard InChI is InChI=1S/C19H16N4O3S/c24-19-11-10-15(21-27(25,26)16-6-2-1-3-7-16)12-14(19)13-23-18-9-5-4-8-17(18)20-22-23/h1-12,21,24H,13H2. The van der Waals surface area contributed by atoms with E-state index in [0.29, 0.717) is 11.3 Å².